The first-order valence-corrected chi connectivity index (χ1v) is 4.66. The van der Waals surface area contributed by atoms with Crippen molar-refractivity contribution in [1.29, 1.82) is 0 Å². The highest BCUT2D eigenvalue weighted by Gasteiger charge is 2.35. The van der Waals surface area contributed by atoms with Crippen LogP contribution in [0.25, 0.3) is 0 Å². The molecule has 0 amide bonds. The van der Waals surface area contributed by atoms with Crippen LogP contribution in [0.3, 0.4) is 0 Å². The van der Waals surface area contributed by atoms with Crippen LogP contribution in [0.1, 0.15) is 53.9 Å². The second-order valence-corrected chi connectivity index (χ2v) is 4.51. The van der Waals surface area contributed by atoms with Crippen molar-refractivity contribution >= 4 is 12.4 Å². The Morgan fingerprint density at radius 3 is 1.58 bits per heavy atom. The molecule has 0 bridgehead atoms. The minimum atomic E-state index is 0. The van der Waals surface area contributed by atoms with E-state index in [0.29, 0.717) is 0 Å². The lowest BCUT2D eigenvalue weighted by molar-refractivity contribution is 0.166. The van der Waals surface area contributed by atoms with E-state index in [1.165, 1.54) is 6.42 Å². The van der Waals surface area contributed by atoms with Crippen molar-refractivity contribution in [2.24, 2.45) is 11.1 Å². The average molecular weight is 194 g/mol. The predicted molar refractivity (Wildman–Crippen MR) is 58.8 cm³/mol. The van der Waals surface area contributed by atoms with Gasteiger partial charge in [-0.1, -0.05) is 41.0 Å². The predicted octanol–water partition coefficient (Wildman–Crippen LogP) is 3.36. The Kier molecular flexibility index (Phi) is 6.25. The summed E-state index contributed by atoms with van der Waals surface area (Å²) in [4.78, 5) is 0. The van der Waals surface area contributed by atoms with Gasteiger partial charge in [0.2, 0.25) is 0 Å². The zero-order valence-corrected chi connectivity index (χ0v) is 9.92. The van der Waals surface area contributed by atoms with Gasteiger partial charge in [-0.3, -0.25) is 0 Å². The zero-order valence-electron chi connectivity index (χ0n) is 9.11. The second-order valence-electron chi connectivity index (χ2n) is 4.51. The molecule has 0 rings (SSSR count). The molecule has 0 radical (unpaired) electrons. The molecule has 0 saturated heterocycles. The van der Waals surface area contributed by atoms with Gasteiger partial charge >= 0.3 is 0 Å². The fourth-order valence-electron chi connectivity index (χ4n) is 1.53. The minimum Gasteiger partial charge on any atom is -0.325 e. The molecule has 0 aliphatic rings. The first kappa shape index (κ1) is 14.8. The van der Waals surface area contributed by atoms with Crippen LogP contribution in [0, 0.1) is 5.41 Å². The smallest absolute Gasteiger partial charge is 0.0200 e. The van der Waals surface area contributed by atoms with Crippen molar-refractivity contribution in [3.63, 3.8) is 0 Å². The Hall–Kier alpha value is 0.250. The van der Waals surface area contributed by atoms with Gasteiger partial charge < -0.3 is 5.73 Å². The average Bonchev–Trinajstić information content (AvgIpc) is 1.86. The van der Waals surface area contributed by atoms with Gasteiger partial charge in [-0.15, -0.1) is 12.4 Å². The monoisotopic (exact) mass is 193 g/mol. The zero-order chi connectivity index (χ0) is 9.12. The largest absolute Gasteiger partial charge is 0.325 e. The van der Waals surface area contributed by atoms with Crippen LogP contribution in [0.15, 0.2) is 0 Å². The van der Waals surface area contributed by atoms with Crippen LogP contribution >= 0.6 is 12.4 Å². The molecule has 0 aromatic carbocycles. The van der Waals surface area contributed by atoms with Crippen LogP contribution in [-0.4, -0.2) is 5.54 Å². The summed E-state index contributed by atoms with van der Waals surface area (Å²) in [6.07, 6.45) is 3.39. The van der Waals surface area contributed by atoms with Gasteiger partial charge in [-0.25, -0.2) is 0 Å². The normalized spacial score (nSPS) is 16.5. The highest BCUT2D eigenvalue weighted by molar-refractivity contribution is 5.85. The van der Waals surface area contributed by atoms with Gasteiger partial charge in [-0.05, 0) is 18.3 Å². The second kappa shape index (κ2) is 5.08. The maximum absolute atomic E-state index is 6.28. The van der Waals surface area contributed by atoms with E-state index in [0.717, 1.165) is 12.8 Å². The third-order valence-electron chi connectivity index (χ3n) is 2.82. The number of hydrogen-bond donors (Lipinski definition) is 1. The number of nitrogens with two attached hydrogens (primary N) is 1. The quantitative estimate of drug-likeness (QED) is 0.731. The van der Waals surface area contributed by atoms with Crippen molar-refractivity contribution in [3.05, 3.63) is 0 Å². The van der Waals surface area contributed by atoms with Crippen LogP contribution in [-0.2, 0) is 0 Å². The van der Waals surface area contributed by atoms with Crippen molar-refractivity contribution in [1.82, 2.24) is 0 Å². The summed E-state index contributed by atoms with van der Waals surface area (Å²) >= 11 is 0. The molecule has 0 aliphatic heterocycles. The lowest BCUT2D eigenvalue weighted by Gasteiger charge is -2.41. The van der Waals surface area contributed by atoms with Gasteiger partial charge in [0.05, 0.1) is 0 Å². The van der Waals surface area contributed by atoms with E-state index >= 15 is 0 Å². The van der Waals surface area contributed by atoms with E-state index in [1.54, 1.807) is 0 Å². The standard InChI is InChI=1S/C10H23N.ClH/c1-6-8-10(11,7-2)9(3,4)5;/h6-8,11H2,1-5H3;1H. The van der Waals surface area contributed by atoms with Crippen molar-refractivity contribution < 1.29 is 0 Å². The Balaban J connectivity index is 0. The molecular weight excluding hydrogens is 170 g/mol. The third kappa shape index (κ3) is 3.32. The maximum atomic E-state index is 6.28. The summed E-state index contributed by atoms with van der Waals surface area (Å²) in [7, 11) is 0. The van der Waals surface area contributed by atoms with Gasteiger partial charge in [0.25, 0.3) is 0 Å². The molecule has 0 spiro atoms. The summed E-state index contributed by atoms with van der Waals surface area (Å²) in [5.74, 6) is 0. The molecule has 0 saturated carbocycles. The topological polar surface area (TPSA) is 26.0 Å². The molecule has 1 unspecified atom stereocenters. The van der Waals surface area contributed by atoms with Crippen molar-refractivity contribution in [2.45, 2.75) is 59.4 Å². The van der Waals surface area contributed by atoms with Gasteiger partial charge in [-0.2, -0.15) is 0 Å². The molecule has 1 atom stereocenters. The van der Waals surface area contributed by atoms with Gasteiger partial charge in [0.1, 0.15) is 0 Å². The Morgan fingerprint density at radius 1 is 1.08 bits per heavy atom. The summed E-state index contributed by atoms with van der Waals surface area (Å²) in [5, 5.41) is 0. The molecule has 0 heterocycles. The Labute approximate surface area is 83.5 Å². The molecule has 0 aromatic rings. The van der Waals surface area contributed by atoms with Gasteiger partial charge in [0.15, 0.2) is 0 Å². The fraction of sp³-hybridized carbons (Fsp3) is 1.00. The number of hydrogen-bond acceptors (Lipinski definition) is 1. The molecule has 2 heteroatoms. The fourth-order valence-corrected chi connectivity index (χ4v) is 1.53. The van der Waals surface area contributed by atoms with Crippen LogP contribution < -0.4 is 5.73 Å². The molecule has 76 valence electrons. The molecule has 0 aromatic heterocycles. The molecule has 1 nitrogen and oxygen atoms in total. The number of rotatable bonds is 3. The first-order valence-electron chi connectivity index (χ1n) is 4.66. The summed E-state index contributed by atoms with van der Waals surface area (Å²) in [5.41, 5.74) is 6.55. The highest BCUT2D eigenvalue weighted by atomic mass is 35.5. The molecule has 0 aliphatic carbocycles. The molecule has 12 heavy (non-hydrogen) atoms. The van der Waals surface area contributed by atoms with E-state index in [-0.39, 0.29) is 23.4 Å². The summed E-state index contributed by atoms with van der Waals surface area (Å²) in [6.45, 7) is 11.1. The lowest BCUT2D eigenvalue weighted by atomic mass is 9.70. The molecule has 0 fully saturated rings. The molecular formula is C10H24ClN. The van der Waals surface area contributed by atoms with E-state index in [2.05, 4.69) is 34.6 Å². The van der Waals surface area contributed by atoms with E-state index in [1.807, 2.05) is 0 Å². The van der Waals surface area contributed by atoms with E-state index in [9.17, 15) is 0 Å². The maximum Gasteiger partial charge on any atom is 0.0200 e. The minimum absolute atomic E-state index is 0. The highest BCUT2D eigenvalue weighted by Crippen LogP contribution is 2.34. The lowest BCUT2D eigenvalue weighted by Crippen LogP contribution is -2.50. The summed E-state index contributed by atoms with van der Waals surface area (Å²) < 4.78 is 0. The Morgan fingerprint density at radius 2 is 1.50 bits per heavy atom. The molecule has 2 N–H and O–H groups in total. The van der Waals surface area contributed by atoms with Crippen molar-refractivity contribution in [3.8, 4) is 0 Å². The van der Waals surface area contributed by atoms with Crippen LogP contribution in [0.5, 0.6) is 0 Å². The summed E-state index contributed by atoms with van der Waals surface area (Å²) in [6, 6.07) is 0. The van der Waals surface area contributed by atoms with Crippen LogP contribution in [0.2, 0.25) is 0 Å². The van der Waals surface area contributed by atoms with E-state index < -0.39 is 0 Å². The van der Waals surface area contributed by atoms with E-state index in [4.69, 9.17) is 5.73 Å². The van der Waals surface area contributed by atoms with Crippen LogP contribution in [0.4, 0.5) is 0 Å². The number of halogens is 1. The van der Waals surface area contributed by atoms with Gasteiger partial charge in [0, 0.05) is 5.54 Å². The first-order chi connectivity index (χ1) is 4.87. The Bertz CT molecular complexity index is 117. The third-order valence-corrected chi connectivity index (χ3v) is 2.82. The van der Waals surface area contributed by atoms with Crippen molar-refractivity contribution in [2.75, 3.05) is 0 Å². The SMILES string of the molecule is CCCC(N)(CC)C(C)(C)C.Cl.